The first-order valence-electron chi connectivity index (χ1n) is 7.15. The number of benzene rings is 2. The number of fused-ring (bicyclic) bond motifs is 1. The number of amides is 1. The third-order valence-electron chi connectivity index (χ3n) is 3.59. The van der Waals surface area contributed by atoms with Crippen LogP contribution < -0.4 is 14.8 Å². The Morgan fingerprint density at radius 1 is 1.00 bits per heavy atom. The Hall–Kier alpha value is -2.79. The lowest BCUT2D eigenvalue weighted by Crippen LogP contribution is -2.11. The summed E-state index contributed by atoms with van der Waals surface area (Å²) in [5.41, 5.74) is 2.66. The highest BCUT2D eigenvalue weighted by atomic mass is 32.1. The van der Waals surface area contributed by atoms with Crippen LogP contribution in [0.15, 0.2) is 60.0 Å². The van der Waals surface area contributed by atoms with Crippen molar-refractivity contribution in [3.63, 3.8) is 0 Å². The molecule has 0 aliphatic carbocycles. The first-order chi connectivity index (χ1) is 11.3. The van der Waals surface area contributed by atoms with Crippen molar-refractivity contribution in [1.29, 1.82) is 0 Å². The molecule has 1 N–H and O–H groups in total. The lowest BCUT2D eigenvalue weighted by atomic mass is 10.1. The Morgan fingerprint density at radius 3 is 2.70 bits per heavy atom. The quantitative estimate of drug-likeness (QED) is 0.777. The summed E-state index contributed by atoms with van der Waals surface area (Å²) in [4.78, 5) is 13.3. The van der Waals surface area contributed by atoms with Gasteiger partial charge in [-0.25, -0.2) is 0 Å². The Balaban J connectivity index is 1.60. The molecule has 5 heteroatoms. The van der Waals surface area contributed by atoms with E-state index < -0.39 is 0 Å². The summed E-state index contributed by atoms with van der Waals surface area (Å²) in [6, 6.07) is 17.2. The highest BCUT2D eigenvalue weighted by Gasteiger charge is 2.17. The van der Waals surface area contributed by atoms with Gasteiger partial charge in [-0.1, -0.05) is 30.3 Å². The molecule has 23 heavy (non-hydrogen) atoms. The van der Waals surface area contributed by atoms with Gasteiger partial charge in [0.15, 0.2) is 11.5 Å². The first-order valence-corrected chi connectivity index (χ1v) is 8.03. The van der Waals surface area contributed by atoms with Crippen LogP contribution in [0, 0.1) is 0 Å². The van der Waals surface area contributed by atoms with Gasteiger partial charge in [-0.2, -0.15) is 0 Å². The summed E-state index contributed by atoms with van der Waals surface area (Å²) in [6.45, 7) is 0.218. The summed E-state index contributed by atoms with van der Waals surface area (Å²) >= 11 is 1.43. The van der Waals surface area contributed by atoms with E-state index in [0.717, 1.165) is 11.1 Å². The van der Waals surface area contributed by atoms with Crippen LogP contribution in [0.3, 0.4) is 0 Å². The van der Waals surface area contributed by atoms with Crippen LogP contribution in [0.4, 0.5) is 5.69 Å². The SMILES string of the molecule is O=C(Nc1ccc2c(c1)OCO2)c1sccc1-c1ccccc1. The number of hydrogen-bond donors (Lipinski definition) is 1. The molecule has 0 fully saturated rings. The van der Waals surface area contributed by atoms with E-state index in [0.29, 0.717) is 22.1 Å². The molecule has 1 aliphatic heterocycles. The van der Waals surface area contributed by atoms with E-state index in [4.69, 9.17) is 9.47 Å². The first kappa shape index (κ1) is 13.8. The van der Waals surface area contributed by atoms with E-state index in [2.05, 4.69) is 5.32 Å². The second-order valence-corrected chi connectivity index (χ2v) is 5.97. The monoisotopic (exact) mass is 323 g/mol. The van der Waals surface area contributed by atoms with Crippen LogP contribution in [0.2, 0.25) is 0 Å². The molecule has 3 aromatic rings. The Labute approximate surface area is 137 Å². The van der Waals surface area contributed by atoms with E-state index in [1.54, 1.807) is 18.2 Å². The second-order valence-electron chi connectivity index (χ2n) is 5.05. The zero-order valence-electron chi connectivity index (χ0n) is 12.1. The van der Waals surface area contributed by atoms with Crippen LogP contribution in [0.5, 0.6) is 11.5 Å². The summed E-state index contributed by atoms with van der Waals surface area (Å²) in [5, 5.41) is 4.85. The van der Waals surface area contributed by atoms with Crippen molar-refractivity contribution >= 4 is 22.9 Å². The highest BCUT2D eigenvalue weighted by Crippen LogP contribution is 2.35. The van der Waals surface area contributed by atoms with E-state index >= 15 is 0 Å². The van der Waals surface area contributed by atoms with Crippen LogP contribution in [0.25, 0.3) is 11.1 Å². The highest BCUT2D eigenvalue weighted by molar-refractivity contribution is 7.12. The minimum absolute atomic E-state index is 0.127. The molecule has 0 bridgehead atoms. The number of carbonyl (C=O) groups is 1. The number of ether oxygens (including phenoxy) is 2. The molecule has 1 amide bonds. The standard InChI is InChI=1S/C18H13NO3S/c20-18(19-13-6-7-15-16(10-13)22-11-21-15)17-14(8-9-23-17)12-4-2-1-3-5-12/h1-10H,11H2,(H,19,20). The average molecular weight is 323 g/mol. The van der Waals surface area contributed by atoms with Gasteiger partial charge in [-0.15, -0.1) is 11.3 Å². The van der Waals surface area contributed by atoms with E-state index in [1.807, 2.05) is 41.8 Å². The Kier molecular flexibility index (Phi) is 3.48. The molecule has 4 nitrogen and oxygen atoms in total. The predicted octanol–water partition coefficient (Wildman–Crippen LogP) is 4.40. The number of thiophene rings is 1. The van der Waals surface area contributed by atoms with Gasteiger partial charge in [-0.05, 0) is 29.1 Å². The van der Waals surface area contributed by atoms with Crippen molar-refractivity contribution in [3.05, 3.63) is 64.9 Å². The summed E-state index contributed by atoms with van der Waals surface area (Å²) < 4.78 is 10.6. The maximum atomic E-state index is 12.6. The minimum atomic E-state index is -0.127. The van der Waals surface area contributed by atoms with Crippen molar-refractivity contribution in [3.8, 4) is 22.6 Å². The average Bonchev–Trinajstić information content (AvgIpc) is 3.24. The van der Waals surface area contributed by atoms with Gasteiger partial charge in [0.05, 0.1) is 4.88 Å². The van der Waals surface area contributed by atoms with Crippen molar-refractivity contribution in [2.24, 2.45) is 0 Å². The molecular weight excluding hydrogens is 310 g/mol. The molecule has 0 radical (unpaired) electrons. The molecule has 1 aliphatic rings. The van der Waals surface area contributed by atoms with Gasteiger partial charge in [0, 0.05) is 17.3 Å². The zero-order valence-corrected chi connectivity index (χ0v) is 12.9. The fourth-order valence-corrected chi connectivity index (χ4v) is 3.30. The normalized spacial score (nSPS) is 12.2. The number of rotatable bonds is 3. The molecule has 2 aromatic carbocycles. The Morgan fingerprint density at radius 2 is 1.83 bits per heavy atom. The maximum Gasteiger partial charge on any atom is 0.266 e. The molecule has 0 unspecified atom stereocenters. The molecule has 1 aromatic heterocycles. The van der Waals surface area contributed by atoms with Crippen molar-refractivity contribution in [2.75, 3.05) is 12.1 Å². The molecule has 0 saturated carbocycles. The van der Waals surface area contributed by atoms with Crippen molar-refractivity contribution < 1.29 is 14.3 Å². The Bertz CT molecular complexity index is 858. The molecule has 114 valence electrons. The topological polar surface area (TPSA) is 47.6 Å². The van der Waals surface area contributed by atoms with Gasteiger partial charge < -0.3 is 14.8 Å². The molecule has 0 spiro atoms. The number of hydrogen-bond acceptors (Lipinski definition) is 4. The van der Waals surface area contributed by atoms with Crippen molar-refractivity contribution in [1.82, 2.24) is 0 Å². The summed E-state index contributed by atoms with van der Waals surface area (Å²) in [7, 11) is 0. The fourth-order valence-electron chi connectivity index (χ4n) is 2.49. The van der Waals surface area contributed by atoms with Gasteiger partial charge in [0.2, 0.25) is 6.79 Å². The van der Waals surface area contributed by atoms with Crippen molar-refractivity contribution in [2.45, 2.75) is 0 Å². The number of nitrogens with one attached hydrogen (secondary N) is 1. The lowest BCUT2D eigenvalue weighted by Gasteiger charge is -2.07. The maximum absolute atomic E-state index is 12.6. The minimum Gasteiger partial charge on any atom is -0.454 e. The largest absolute Gasteiger partial charge is 0.454 e. The molecule has 4 rings (SSSR count). The molecule has 0 atom stereocenters. The van der Waals surface area contributed by atoms with Crippen LogP contribution >= 0.6 is 11.3 Å². The molecule has 2 heterocycles. The summed E-state index contributed by atoms with van der Waals surface area (Å²) in [5.74, 6) is 1.22. The third kappa shape index (κ3) is 2.66. The zero-order chi connectivity index (χ0) is 15.6. The van der Waals surface area contributed by atoms with Crippen LogP contribution in [0.1, 0.15) is 9.67 Å². The number of anilines is 1. The summed E-state index contributed by atoms with van der Waals surface area (Å²) in [6.07, 6.45) is 0. The van der Waals surface area contributed by atoms with Gasteiger partial charge in [0.25, 0.3) is 5.91 Å². The van der Waals surface area contributed by atoms with E-state index in [1.165, 1.54) is 11.3 Å². The van der Waals surface area contributed by atoms with Gasteiger partial charge in [-0.3, -0.25) is 4.79 Å². The second kappa shape index (κ2) is 5.78. The predicted molar refractivity (Wildman–Crippen MR) is 90.3 cm³/mol. The number of carbonyl (C=O) groups excluding carboxylic acids is 1. The lowest BCUT2D eigenvalue weighted by molar-refractivity contribution is 0.103. The van der Waals surface area contributed by atoms with E-state index in [9.17, 15) is 4.79 Å². The molecule has 0 saturated heterocycles. The third-order valence-corrected chi connectivity index (χ3v) is 4.50. The van der Waals surface area contributed by atoms with Crippen LogP contribution in [-0.4, -0.2) is 12.7 Å². The fraction of sp³-hybridized carbons (Fsp3) is 0.0556. The van der Waals surface area contributed by atoms with Gasteiger partial charge in [0.1, 0.15) is 0 Å². The smallest absolute Gasteiger partial charge is 0.266 e. The van der Waals surface area contributed by atoms with E-state index in [-0.39, 0.29) is 12.7 Å². The van der Waals surface area contributed by atoms with Gasteiger partial charge >= 0.3 is 0 Å². The van der Waals surface area contributed by atoms with Crippen LogP contribution in [-0.2, 0) is 0 Å². The molecular formula is C18H13NO3S.